The van der Waals surface area contributed by atoms with Crippen LogP contribution >= 0.6 is 0 Å². The first kappa shape index (κ1) is 40.2. The molecule has 4 aliphatic heterocycles. The molecule has 4 fully saturated rings. The summed E-state index contributed by atoms with van der Waals surface area (Å²) < 4.78 is 25.5. The molecule has 5 aliphatic rings. The van der Waals surface area contributed by atoms with Gasteiger partial charge in [-0.05, 0) is 113 Å². The van der Waals surface area contributed by atoms with Crippen molar-refractivity contribution in [3.8, 4) is 28.6 Å². The normalized spacial score (nSPS) is 22.7. The van der Waals surface area contributed by atoms with Crippen LogP contribution in [0.25, 0.3) is 28.0 Å². The number of benzene rings is 1. The van der Waals surface area contributed by atoms with Gasteiger partial charge < -0.3 is 19.9 Å². The van der Waals surface area contributed by atoms with Crippen LogP contribution in [0.1, 0.15) is 98.6 Å². The van der Waals surface area contributed by atoms with Gasteiger partial charge in [0.1, 0.15) is 40.4 Å². The first-order valence-corrected chi connectivity index (χ1v) is 22.6. The number of imide groups is 1. The van der Waals surface area contributed by atoms with Crippen LogP contribution in [0.2, 0.25) is 0 Å². The summed E-state index contributed by atoms with van der Waals surface area (Å²) in [7, 11) is 0. The number of halogens is 1. The Morgan fingerprint density at radius 2 is 1.70 bits per heavy atom. The minimum absolute atomic E-state index is 0.148. The second-order valence-corrected chi connectivity index (χ2v) is 18.0. The van der Waals surface area contributed by atoms with Crippen LogP contribution in [0.4, 0.5) is 15.9 Å². The van der Waals surface area contributed by atoms with E-state index in [1.807, 2.05) is 55.1 Å². The number of carbonyl (C=O) groups is 2. The van der Waals surface area contributed by atoms with Crippen LogP contribution in [0.15, 0.2) is 79.6 Å². The zero-order valence-corrected chi connectivity index (χ0v) is 35.5. The Kier molecular flexibility index (Phi) is 10.4. The Labute approximate surface area is 369 Å². The summed E-state index contributed by atoms with van der Waals surface area (Å²) in [5, 5.41) is 24.8. The van der Waals surface area contributed by atoms with Gasteiger partial charge in [-0.15, -0.1) is 0 Å². The van der Waals surface area contributed by atoms with Crippen molar-refractivity contribution in [2.75, 3.05) is 36.4 Å². The van der Waals surface area contributed by atoms with Gasteiger partial charge in [0.15, 0.2) is 0 Å². The Hall–Kier alpha value is -6.57. The molecule has 9 heterocycles. The summed E-state index contributed by atoms with van der Waals surface area (Å²) >= 11 is 0. The van der Waals surface area contributed by atoms with Crippen molar-refractivity contribution in [2.24, 2.45) is 0 Å². The molecular formula is C48H49FN12O3. The highest BCUT2D eigenvalue weighted by atomic mass is 19.1. The molecular weight excluding hydrogens is 812 g/mol. The standard InChI is InChI=1S/C48H49FN12O3/c49-39-22-35(55-40-10-12-43(62)57-47(40)63)4-9-38(39)30-13-18-58(19-14-30)36-5-7-37(8-6-36)60-27-34(26-53-60)41-28-61-45(33(23-50)25-54-61)44(56-41)31-3-11-42(52-24-31)59-20-15-48(16-21-59)46-32(29-64-48)2-1-17-51-46/h1-4,9,11,17,22,24-28,30,36-37,40,55H,5-8,10,12-16,18-21,29H2,(H,57,62,63)/t36?,37?,40-/m0/s1. The number of hydrogen-bond acceptors (Lipinski definition) is 12. The van der Waals surface area contributed by atoms with Crippen molar-refractivity contribution in [3.05, 3.63) is 108 Å². The monoisotopic (exact) mass is 860 g/mol. The largest absolute Gasteiger partial charge is 0.374 e. The Balaban J connectivity index is 0.719. The van der Waals surface area contributed by atoms with Crippen molar-refractivity contribution < 1.29 is 18.7 Å². The van der Waals surface area contributed by atoms with E-state index in [-0.39, 0.29) is 41.6 Å². The number of anilines is 2. The van der Waals surface area contributed by atoms with Gasteiger partial charge in [0.05, 0.1) is 48.3 Å². The highest BCUT2D eigenvalue weighted by Gasteiger charge is 2.44. The average Bonchev–Trinajstić information content (AvgIpc) is 4.09. The Morgan fingerprint density at radius 1 is 0.875 bits per heavy atom. The van der Waals surface area contributed by atoms with E-state index in [0.29, 0.717) is 47.2 Å². The first-order chi connectivity index (χ1) is 31.3. The van der Waals surface area contributed by atoms with E-state index in [0.717, 1.165) is 106 Å². The number of piperidine rings is 3. The number of likely N-dealkylation sites (tertiary alicyclic amines) is 1. The number of nitrogens with zero attached hydrogens (tertiary/aromatic N) is 10. The number of hydrogen-bond donors (Lipinski definition) is 2. The average molecular weight is 861 g/mol. The van der Waals surface area contributed by atoms with Gasteiger partial charge in [-0.2, -0.15) is 15.5 Å². The number of amides is 2. The van der Waals surface area contributed by atoms with Gasteiger partial charge >= 0.3 is 0 Å². The topological polar surface area (TPSA) is 171 Å². The van der Waals surface area contributed by atoms with Crippen LogP contribution in [0.5, 0.6) is 0 Å². The third-order valence-corrected chi connectivity index (χ3v) is 14.4. The fourth-order valence-corrected chi connectivity index (χ4v) is 10.8. The van der Waals surface area contributed by atoms with Crippen LogP contribution < -0.4 is 15.5 Å². The number of fused-ring (bicyclic) bond motifs is 3. The number of carbonyl (C=O) groups excluding carboxylic acids is 2. The minimum atomic E-state index is -0.544. The molecule has 0 unspecified atom stereocenters. The van der Waals surface area contributed by atoms with Crippen molar-refractivity contribution in [2.45, 2.75) is 100 Å². The summed E-state index contributed by atoms with van der Waals surface area (Å²) in [6, 6.07) is 15.8. The maximum atomic E-state index is 15.4. The van der Waals surface area contributed by atoms with Gasteiger partial charge in [-0.1, -0.05) is 12.1 Å². The molecule has 1 atom stereocenters. The third kappa shape index (κ3) is 7.45. The molecule has 1 spiro atoms. The number of nitriles is 1. The summed E-state index contributed by atoms with van der Waals surface area (Å²) in [6.45, 7) is 4.08. The van der Waals surface area contributed by atoms with Crippen molar-refractivity contribution in [1.82, 2.24) is 44.6 Å². The van der Waals surface area contributed by atoms with Crippen LogP contribution in [0, 0.1) is 17.1 Å². The minimum Gasteiger partial charge on any atom is -0.374 e. The smallest absolute Gasteiger partial charge is 0.249 e. The number of nitrogens with one attached hydrogen (secondary N) is 2. The van der Waals surface area contributed by atoms with Crippen LogP contribution in [-0.2, 0) is 26.5 Å². The van der Waals surface area contributed by atoms with Crippen LogP contribution in [-0.4, -0.2) is 89.3 Å². The molecule has 6 aromatic rings. The first-order valence-electron chi connectivity index (χ1n) is 22.6. The molecule has 1 aliphatic carbocycles. The number of ether oxygens (including phenoxy) is 1. The van der Waals surface area contributed by atoms with E-state index in [9.17, 15) is 14.9 Å². The van der Waals surface area contributed by atoms with Gasteiger partial charge in [0.25, 0.3) is 0 Å². The predicted octanol–water partition coefficient (Wildman–Crippen LogP) is 6.67. The highest BCUT2D eigenvalue weighted by molar-refractivity contribution is 6.01. The van der Waals surface area contributed by atoms with E-state index in [4.69, 9.17) is 19.8 Å². The van der Waals surface area contributed by atoms with Crippen molar-refractivity contribution in [3.63, 3.8) is 0 Å². The lowest BCUT2D eigenvalue weighted by atomic mass is 9.85. The summed E-state index contributed by atoms with van der Waals surface area (Å²) in [6.07, 6.45) is 19.4. The maximum Gasteiger partial charge on any atom is 0.249 e. The fourth-order valence-electron chi connectivity index (χ4n) is 10.8. The molecule has 15 nitrogen and oxygen atoms in total. The molecule has 64 heavy (non-hydrogen) atoms. The third-order valence-electron chi connectivity index (χ3n) is 14.4. The lowest BCUT2D eigenvalue weighted by molar-refractivity contribution is -0.133. The van der Waals surface area contributed by atoms with Gasteiger partial charge in [0, 0.05) is 66.5 Å². The zero-order valence-electron chi connectivity index (χ0n) is 35.5. The molecule has 1 aromatic carbocycles. The van der Waals surface area contributed by atoms with E-state index in [2.05, 4.69) is 53.5 Å². The molecule has 5 aromatic heterocycles. The summed E-state index contributed by atoms with van der Waals surface area (Å²) in [4.78, 5) is 43.3. The number of aromatic nitrogens is 7. The molecule has 16 heteroatoms. The quantitative estimate of drug-likeness (QED) is 0.156. The lowest BCUT2D eigenvalue weighted by Crippen LogP contribution is -2.47. The van der Waals surface area contributed by atoms with Crippen LogP contribution in [0.3, 0.4) is 0 Å². The second-order valence-electron chi connectivity index (χ2n) is 18.0. The zero-order chi connectivity index (χ0) is 43.4. The van der Waals surface area contributed by atoms with E-state index in [1.165, 1.54) is 11.6 Å². The molecule has 2 amide bonds. The SMILES string of the molecule is N#Cc1cnn2cc(-c3cnn(C4CCC(N5CCC(c6ccc(N[C@H]7CCC(=O)NC7=O)cc6F)CC5)CC4)c3)nc(-c3ccc(N4CCC5(CC4)OCc4cccnc45)nc3)c12. The number of rotatable bonds is 8. The van der Waals surface area contributed by atoms with Gasteiger partial charge in [-0.25, -0.2) is 18.9 Å². The second kappa shape index (κ2) is 16.5. The Bertz CT molecular complexity index is 2770. The highest BCUT2D eigenvalue weighted by Crippen LogP contribution is 2.44. The molecule has 3 saturated heterocycles. The van der Waals surface area contributed by atoms with Gasteiger partial charge in [-0.3, -0.25) is 24.6 Å². The van der Waals surface area contributed by atoms with E-state index in [1.54, 1.807) is 10.7 Å². The molecule has 2 N–H and O–H groups in total. The van der Waals surface area contributed by atoms with Gasteiger partial charge in [0.2, 0.25) is 11.8 Å². The Morgan fingerprint density at radius 3 is 2.47 bits per heavy atom. The lowest BCUT2D eigenvalue weighted by Gasteiger charge is -2.41. The summed E-state index contributed by atoms with van der Waals surface area (Å²) in [5.74, 6) is 0.141. The number of pyridine rings is 2. The summed E-state index contributed by atoms with van der Waals surface area (Å²) in [5.41, 5.74) is 7.34. The molecule has 326 valence electrons. The maximum absolute atomic E-state index is 15.4. The fraction of sp³-hybridized carbons (Fsp3) is 0.417. The molecule has 0 bridgehead atoms. The van der Waals surface area contributed by atoms with E-state index < -0.39 is 6.04 Å². The van der Waals surface area contributed by atoms with Crippen molar-refractivity contribution >= 4 is 28.8 Å². The molecule has 1 saturated carbocycles. The predicted molar refractivity (Wildman–Crippen MR) is 235 cm³/mol. The van der Waals surface area contributed by atoms with Crippen molar-refractivity contribution in [1.29, 1.82) is 5.26 Å². The molecule has 11 rings (SSSR count). The van der Waals surface area contributed by atoms with E-state index >= 15 is 4.39 Å². The molecule has 0 radical (unpaired) electrons.